The van der Waals surface area contributed by atoms with E-state index in [2.05, 4.69) is 76.2 Å². The van der Waals surface area contributed by atoms with E-state index in [1.165, 1.54) is 51.4 Å². The normalized spacial score (nSPS) is 16.8. The molecule has 170 valence electrons. The summed E-state index contributed by atoms with van der Waals surface area (Å²) >= 11 is 0. The Morgan fingerprint density at radius 3 is 1.50 bits per heavy atom. The van der Waals surface area contributed by atoms with Gasteiger partial charge in [0.25, 0.3) is 0 Å². The molecule has 0 fully saturated rings. The Bertz CT molecular complexity index is 372. The Morgan fingerprint density at radius 2 is 1.11 bits per heavy atom. The fourth-order valence-electron chi connectivity index (χ4n) is 4.29. The number of rotatable bonds is 14. The van der Waals surface area contributed by atoms with Gasteiger partial charge in [-0.3, -0.25) is 0 Å². The van der Waals surface area contributed by atoms with Crippen LogP contribution >= 0.6 is 0 Å². The molecule has 0 amide bonds. The predicted octanol–water partition coefficient (Wildman–Crippen LogP) is 8.77. The number of hydrogen-bond donors (Lipinski definition) is 0. The summed E-state index contributed by atoms with van der Waals surface area (Å²) in [5, 5.41) is 0. The molecule has 0 aromatic carbocycles. The lowest BCUT2D eigenvalue weighted by Crippen LogP contribution is -2.57. The Labute approximate surface area is 178 Å². The smallest absolute Gasteiger partial charge is 0.175 e. The van der Waals surface area contributed by atoms with E-state index in [1.54, 1.807) is 0 Å². The molecule has 0 bridgehead atoms. The second kappa shape index (κ2) is 12.6. The van der Waals surface area contributed by atoms with Crippen molar-refractivity contribution in [2.45, 2.75) is 151 Å². The van der Waals surface area contributed by atoms with Crippen molar-refractivity contribution >= 4 is 0 Å². The average Bonchev–Trinajstić information content (AvgIpc) is 2.56. The molecular formula is C26H54O2. The van der Waals surface area contributed by atoms with E-state index in [4.69, 9.17) is 9.47 Å². The molecule has 0 aliphatic rings. The van der Waals surface area contributed by atoms with Gasteiger partial charge in [0.05, 0.1) is 11.2 Å². The number of hydrogen-bond acceptors (Lipinski definition) is 2. The van der Waals surface area contributed by atoms with Crippen LogP contribution in [0.2, 0.25) is 0 Å². The first-order valence-electron chi connectivity index (χ1n) is 12.2. The largest absolute Gasteiger partial charge is 0.344 e. The van der Waals surface area contributed by atoms with Gasteiger partial charge < -0.3 is 9.47 Å². The van der Waals surface area contributed by atoms with Crippen molar-refractivity contribution in [1.29, 1.82) is 0 Å². The van der Waals surface area contributed by atoms with Crippen LogP contribution in [0, 0.1) is 17.8 Å². The molecule has 0 saturated carbocycles. The Morgan fingerprint density at radius 1 is 0.643 bits per heavy atom. The minimum Gasteiger partial charge on any atom is -0.344 e. The van der Waals surface area contributed by atoms with Gasteiger partial charge in [0.15, 0.2) is 5.79 Å². The van der Waals surface area contributed by atoms with Crippen molar-refractivity contribution in [3.05, 3.63) is 0 Å². The van der Waals surface area contributed by atoms with Crippen molar-refractivity contribution < 1.29 is 9.47 Å². The summed E-state index contributed by atoms with van der Waals surface area (Å²) in [5.41, 5.74) is -0.469. The molecule has 2 heteroatoms. The summed E-state index contributed by atoms with van der Waals surface area (Å²) in [7, 11) is 0. The van der Waals surface area contributed by atoms with Crippen molar-refractivity contribution in [2.75, 3.05) is 0 Å². The topological polar surface area (TPSA) is 18.5 Å². The fourth-order valence-corrected chi connectivity index (χ4v) is 4.29. The maximum absolute atomic E-state index is 6.91. The molecule has 0 saturated heterocycles. The summed E-state index contributed by atoms with van der Waals surface area (Å²) in [6, 6.07) is 0. The summed E-state index contributed by atoms with van der Waals surface area (Å²) in [6.07, 6.45) is 11.4. The van der Waals surface area contributed by atoms with E-state index in [9.17, 15) is 0 Å². The second-order valence-electron chi connectivity index (χ2n) is 11.0. The first kappa shape index (κ1) is 27.9. The molecule has 0 spiro atoms. The van der Waals surface area contributed by atoms with E-state index < -0.39 is 5.79 Å². The molecule has 0 aromatic rings. The quantitative estimate of drug-likeness (QED) is 0.215. The van der Waals surface area contributed by atoms with Crippen LogP contribution in [-0.4, -0.2) is 17.0 Å². The van der Waals surface area contributed by atoms with Gasteiger partial charge in [-0.05, 0) is 60.3 Å². The van der Waals surface area contributed by atoms with Gasteiger partial charge in [0.2, 0.25) is 0 Å². The molecule has 2 nitrogen and oxygen atoms in total. The third-order valence-electron chi connectivity index (χ3n) is 5.95. The minimum absolute atomic E-state index is 0.235. The molecule has 0 rings (SSSR count). The maximum Gasteiger partial charge on any atom is 0.175 e. The van der Waals surface area contributed by atoms with E-state index in [0.717, 1.165) is 6.42 Å². The van der Waals surface area contributed by atoms with Gasteiger partial charge in [0.1, 0.15) is 0 Å². The SMILES string of the molecule is CCCCCCCCC(C(C)CC)C(OC(C)(C)C)(OC(C)(C)C)C(C)CC. The van der Waals surface area contributed by atoms with Crippen LogP contribution in [0.25, 0.3) is 0 Å². The number of ether oxygens (including phenoxy) is 2. The summed E-state index contributed by atoms with van der Waals surface area (Å²) < 4.78 is 13.8. The standard InChI is InChI=1S/C26H54O2/c1-12-15-16-17-18-19-20-23(21(4)13-2)26(22(5)14-3,27-24(6,7)8)28-25(9,10)11/h21-23H,12-20H2,1-11H3. The lowest BCUT2D eigenvalue weighted by molar-refractivity contribution is -0.362. The van der Waals surface area contributed by atoms with Crippen LogP contribution < -0.4 is 0 Å². The Kier molecular flexibility index (Phi) is 12.5. The Balaban J connectivity index is 5.77. The highest BCUT2D eigenvalue weighted by atomic mass is 16.7. The van der Waals surface area contributed by atoms with Crippen molar-refractivity contribution in [2.24, 2.45) is 17.8 Å². The fraction of sp³-hybridized carbons (Fsp3) is 1.00. The van der Waals surface area contributed by atoms with E-state index in [-0.39, 0.29) is 11.2 Å². The molecule has 0 heterocycles. The summed E-state index contributed by atoms with van der Waals surface area (Å²) in [4.78, 5) is 0. The van der Waals surface area contributed by atoms with Crippen LogP contribution in [0.3, 0.4) is 0 Å². The van der Waals surface area contributed by atoms with Gasteiger partial charge in [-0.25, -0.2) is 0 Å². The second-order valence-corrected chi connectivity index (χ2v) is 11.0. The zero-order valence-corrected chi connectivity index (χ0v) is 21.4. The highest BCUT2D eigenvalue weighted by molar-refractivity contribution is 4.91. The van der Waals surface area contributed by atoms with Crippen molar-refractivity contribution in [3.63, 3.8) is 0 Å². The minimum atomic E-state index is -0.538. The molecule has 3 unspecified atom stereocenters. The molecule has 0 aromatic heterocycles. The first-order chi connectivity index (χ1) is 12.8. The molecule has 0 N–H and O–H groups in total. The lowest BCUT2D eigenvalue weighted by atomic mass is 9.74. The zero-order valence-electron chi connectivity index (χ0n) is 21.4. The molecule has 3 atom stereocenters. The van der Waals surface area contributed by atoms with Crippen molar-refractivity contribution in [3.8, 4) is 0 Å². The third kappa shape index (κ3) is 10.1. The van der Waals surface area contributed by atoms with Gasteiger partial charge in [-0.2, -0.15) is 0 Å². The molecule has 0 aliphatic heterocycles. The van der Waals surface area contributed by atoms with Gasteiger partial charge in [-0.15, -0.1) is 0 Å². The average molecular weight is 399 g/mol. The monoisotopic (exact) mass is 398 g/mol. The lowest BCUT2D eigenvalue weighted by Gasteiger charge is -2.52. The van der Waals surface area contributed by atoms with Crippen molar-refractivity contribution in [1.82, 2.24) is 0 Å². The highest BCUT2D eigenvalue weighted by Crippen LogP contribution is 2.46. The van der Waals surface area contributed by atoms with Gasteiger partial charge >= 0.3 is 0 Å². The van der Waals surface area contributed by atoms with E-state index >= 15 is 0 Å². The molecule has 28 heavy (non-hydrogen) atoms. The Hall–Kier alpha value is -0.0800. The van der Waals surface area contributed by atoms with Crippen LogP contribution in [-0.2, 0) is 9.47 Å². The molecule has 0 aliphatic carbocycles. The van der Waals surface area contributed by atoms with Crippen LogP contribution in [0.4, 0.5) is 0 Å². The zero-order chi connectivity index (χ0) is 22.0. The van der Waals surface area contributed by atoms with Gasteiger partial charge in [0, 0.05) is 11.8 Å². The summed E-state index contributed by atoms with van der Waals surface area (Å²) in [6.45, 7) is 24.7. The van der Waals surface area contributed by atoms with Crippen LogP contribution in [0.5, 0.6) is 0 Å². The summed E-state index contributed by atoms with van der Waals surface area (Å²) in [5.74, 6) is 0.806. The van der Waals surface area contributed by atoms with Gasteiger partial charge in [-0.1, -0.05) is 79.6 Å². The maximum atomic E-state index is 6.91. The van der Waals surface area contributed by atoms with E-state index in [0.29, 0.717) is 17.8 Å². The molecule has 0 radical (unpaired) electrons. The predicted molar refractivity (Wildman–Crippen MR) is 125 cm³/mol. The van der Waals surface area contributed by atoms with Crippen LogP contribution in [0.1, 0.15) is 134 Å². The van der Waals surface area contributed by atoms with Crippen LogP contribution in [0.15, 0.2) is 0 Å². The van der Waals surface area contributed by atoms with E-state index in [1.807, 2.05) is 0 Å². The highest BCUT2D eigenvalue weighted by Gasteiger charge is 2.50. The number of unbranched alkanes of at least 4 members (excludes halogenated alkanes) is 5. The molecular weight excluding hydrogens is 344 g/mol. The first-order valence-corrected chi connectivity index (χ1v) is 12.2. The third-order valence-corrected chi connectivity index (χ3v) is 5.95.